The van der Waals surface area contributed by atoms with E-state index in [2.05, 4.69) is 44.2 Å². The smallest absolute Gasteiger partial charge is 0.242 e. The summed E-state index contributed by atoms with van der Waals surface area (Å²) in [6.07, 6.45) is 12.3. The monoisotopic (exact) mass is 542 g/mol. The van der Waals surface area contributed by atoms with Crippen LogP contribution >= 0.6 is 0 Å². The topological polar surface area (TPSA) is 73.9 Å². The highest BCUT2D eigenvalue weighted by Gasteiger charge is 2.27. The third-order valence-electron chi connectivity index (χ3n) is 7.88. The molecule has 4 nitrogen and oxygen atoms in total. The lowest BCUT2D eigenvalue weighted by atomic mass is 9.80. The maximum atomic E-state index is 13.4. The number of alkyl halides is 2. The summed E-state index contributed by atoms with van der Waals surface area (Å²) in [6.45, 7) is 7.86. The van der Waals surface area contributed by atoms with Gasteiger partial charge >= 0.3 is 0 Å². The molecule has 0 bridgehead atoms. The molecule has 3 unspecified atom stereocenters. The minimum absolute atomic E-state index is 0.00746. The van der Waals surface area contributed by atoms with Crippen LogP contribution in [0.25, 0.3) is 17.4 Å². The molecule has 0 N–H and O–H groups in total. The van der Waals surface area contributed by atoms with Gasteiger partial charge in [0.25, 0.3) is 0 Å². The summed E-state index contributed by atoms with van der Waals surface area (Å²) in [6, 6.07) is 6.21. The minimum atomic E-state index is -2.48. The van der Waals surface area contributed by atoms with E-state index in [0.717, 1.165) is 28.9 Å². The number of carbonyl (C=O) groups is 1. The zero-order valence-corrected chi connectivity index (χ0v) is 23.6. The third kappa shape index (κ3) is 6.68. The van der Waals surface area contributed by atoms with Crippen molar-refractivity contribution in [2.75, 3.05) is 0 Å². The molecule has 0 amide bonds. The molecule has 40 heavy (non-hydrogen) atoms. The van der Waals surface area contributed by atoms with Gasteiger partial charge < -0.3 is 9.53 Å². The first kappa shape index (κ1) is 29.2. The number of ketones is 1. The van der Waals surface area contributed by atoms with Gasteiger partial charge in [-0.05, 0) is 84.4 Å². The summed E-state index contributed by atoms with van der Waals surface area (Å²) in [7, 11) is 0. The molecule has 0 heterocycles. The number of nitriles is 2. The number of nitrogens with zero attached hydrogens (tertiary/aromatic N) is 2. The third-order valence-corrected chi connectivity index (χ3v) is 7.88. The Bertz CT molecular complexity index is 1510. The maximum absolute atomic E-state index is 13.4. The summed E-state index contributed by atoms with van der Waals surface area (Å²) < 4.78 is 33.3. The number of allylic oxidation sites excluding steroid dienone is 7. The van der Waals surface area contributed by atoms with E-state index in [9.17, 15) is 24.1 Å². The van der Waals surface area contributed by atoms with Gasteiger partial charge in [0.1, 0.15) is 29.4 Å². The van der Waals surface area contributed by atoms with Crippen LogP contribution in [0.3, 0.4) is 0 Å². The Hall–Kier alpha value is -3.77. The summed E-state index contributed by atoms with van der Waals surface area (Å²) >= 11 is 0. The van der Waals surface area contributed by atoms with Crippen molar-refractivity contribution in [3.63, 3.8) is 0 Å². The molecule has 3 aliphatic carbocycles. The van der Waals surface area contributed by atoms with Gasteiger partial charge in [-0.1, -0.05) is 45.1 Å². The van der Waals surface area contributed by atoms with Crippen LogP contribution in [0.2, 0.25) is 0 Å². The molecule has 1 aromatic carbocycles. The summed E-state index contributed by atoms with van der Waals surface area (Å²) in [5, 5.41) is 21.8. The van der Waals surface area contributed by atoms with E-state index >= 15 is 0 Å². The molecule has 0 radical (unpaired) electrons. The standard InChI is InChI=1S/C34H36F2N2O2/c1-20(2)25-15-27-16-28(18-37)30(19-38)33(26-11-21(3)10-24(12-26)14-32(35)36)34(27)31(17-25)40-29-7-5-6-23(13-29)9-8-22(4)39/h5,7,10,12-13,15-16,20-21,23,25,32H,6,8-9,11,14,17H2,1-4H3. The number of hydrogen-bond donors (Lipinski definition) is 0. The van der Waals surface area contributed by atoms with Crippen LogP contribution < -0.4 is 10.4 Å². The first-order valence-electron chi connectivity index (χ1n) is 14.1. The van der Waals surface area contributed by atoms with E-state index in [-0.39, 0.29) is 41.1 Å². The second-order valence-corrected chi connectivity index (χ2v) is 11.6. The molecule has 4 rings (SSSR count). The molecule has 0 saturated carbocycles. The maximum Gasteiger partial charge on any atom is 0.242 e. The van der Waals surface area contributed by atoms with Crippen molar-refractivity contribution >= 4 is 23.2 Å². The summed E-state index contributed by atoms with van der Waals surface area (Å²) in [5.41, 5.74) is 2.46. The Morgan fingerprint density at radius 1 is 1.15 bits per heavy atom. The number of hydrogen-bond acceptors (Lipinski definition) is 4. The van der Waals surface area contributed by atoms with Gasteiger partial charge in [-0.25, -0.2) is 8.78 Å². The van der Waals surface area contributed by atoms with Crippen LogP contribution in [0, 0.1) is 46.3 Å². The average molecular weight is 543 g/mol. The van der Waals surface area contributed by atoms with Crippen molar-refractivity contribution in [1.82, 2.24) is 0 Å². The largest absolute Gasteiger partial charge is 0.461 e. The van der Waals surface area contributed by atoms with Crippen LogP contribution in [0.1, 0.15) is 82.9 Å². The number of rotatable bonds is 9. The fourth-order valence-electron chi connectivity index (χ4n) is 5.88. The Kier molecular flexibility index (Phi) is 9.21. The highest BCUT2D eigenvalue weighted by molar-refractivity contribution is 5.79. The Morgan fingerprint density at radius 3 is 2.58 bits per heavy atom. The van der Waals surface area contributed by atoms with Crippen molar-refractivity contribution in [1.29, 1.82) is 10.5 Å². The van der Waals surface area contributed by atoms with Crippen molar-refractivity contribution in [3.8, 4) is 12.1 Å². The van der Waals surface area contributed by atoms with Crippen molar-refractivity contribution in [2.45, 2.75) is 72.6 Å². The molecule has 0 aliphatic heterocycles. The summed E-state index contributed by atoms with van der Waals surface area (Å²) in [4.78, 5) is 11.6. The number of fused-ring (bicyclic) bond motifs is 1. The lowest BCUT2D eigenvalue weighted by Gasteiger charge is -2.27. The fourth-order valence-corrected chi connectivity index (χ4v) is 5.88. The average Bonchev–Trinajstić information content (AvgIpc) is 2.90. The van der Waals surface area contributed by atoms with Gasteiger partial charge in [-0.15, -0.1) is 0 Å². The van der Waals surface area contributed by atoms with Crippen LogP contribution in [0.5, 0.6) is 0 Å². The molecule has 0 saturated heterocycles. The van der Waals surface area contributed by atoms with Crippen molar-refractivity contribution in [3.05, 3.63) is 74.9 Å². The van der Waals surface area contributed by atoms with Crippen LogP contribution in [-0.2, 0) is 9.53 Å². The lowest BCUT2D eigenvalue weighted by molar-refractivity contribution is -0.117. The molecule has 0 fully saturated rings. The number of ether oxygens (including phenoxy) is 1. The first-order valence-corrected chi connectivity index (χ1v) is 14.1. The normalized spacial score (nSPS) is 22.0. The minimum Gasteiger partial charge on any atom is -0.461 e. The van der Waals surface area contributed by atoms with Crippen LogP contribution in [0.15, 0.2) is 47.8 Å². The van der Waals surface area contributed by atoms with Crippen LogP contribution in [-0.4, -0.2) is 12.2 Å². The molecule has 1 aromatic rings. The van der Waals surface area contributed by atoms with E-state index in [1.807, 2.05) is 19.1 Å². The van der Waals surface area contributed by atoms with Gasteiger partial charge in [-0.3, -0.25) is 0 Å². The van der Waals surface area contributed by atoms with Gasteiger partial charge in [-0.2, -0.15) is 10.5 Å². The van der Waals surface area contributed by atoms with Gasteiger partial charge in [0.15, 0.2) is 0 Å². The predicted octanol–water partition coefficient (Wildman–Crippen LogP) is 6.85. The second kappa shape index (κ2) is 12.6. The van der Waals surface area contributed by atoms with E-state index in [1.54, 1.807) is 19.1 Å². The predicted molar refractivity (Wildman–Crippen MR) is 153 cm³/mol. The quantitative estimate of drug-likeness (QED) is 0.342. The van der Waals surface area contributed by atoms with Gasteiger partial charge in [0, 0.05) is 30.0 Å². The number of halogens is 2. The van der Waals surface area contributed by atoms with Crippen molar-refractivity contribution < 1.29 is 18.3 Å². The van der Waals surface area contributed by atoms with E-state index < -0.39 is 6.43 Å². The van der Waals surface area contributed by atoms with E-state index in [4.69, 9.17) is 4.74 Å². The number of benzene rings is 1. The highest BCUT2D eigenvalue weighted by atomic mass is 19.3. The molecule has 208 valence electrons. The Labute approximate surface area is 235 Å². The molecule has 0 aromatic heterocycles. The fraction of sp³-hybridized carbons (Fsp3) is 0.441. The number of Topliss-reactive ketones (excluding diaryl/α,β-unsaturated/α-hetero) is 1. The second-order valence-electron chi connectivity index (χ2n) is 11.6. The molecule has 6 heteroatoms. The summed E-state index contributed by atoms with van der Waals surface area (Å²) in [5.74, 6) is 2.24. The number of carbonyl (C=O) groups excluding carboxylic acids is 1. The Morgan fingerprint density at radius 2 is 1.93 bits per heavy atom. The SMILES string of the molecule is CC(=O)CCC1C=C(OC2=c3c(C4=CC(CC(F)F)=CC(C)C4)c(C#N)c(C#N)cc3=CC(C(C)C)C2)C=CC1. The zero-order chi connectivity index (χ0) is 29.0. The van der Waals surface area contributed by atoms with Gasteiger partial charge in [0.2, 0.25) is 6.43 Å². The van der Waals surface area contributed by atoms with E-state index in [0.29, 0.717) is 47.8 Å². The lowest BCUT2D eigenvalue weighted by Crippen LogP contribution is -2.38. The Balaban J connectivity index is 1.95. The molecule has 3 atom stereocenters. The zero-order valence-electron chi connectivity index (χ0n) is 23.6. The molecule has 3 aliphatic rings. The molecular weight excluding hydrogens is 506 g/mol. The van der Waals surface area contributed by atoms with E-state index in [1.165, 1.54) is 0 Å². The molecular formula is C34H36F2N2O2. The first-order chi connectivity index (χ1) is 19.1. The van der Waals surface area contributed by atoms with Crippen molar-refractivity contribution in [2.24, 2.45) is 23.7 Å². The van der Waals surface area contributed by atoms with Gasteiger partial charge in [0.05, 0.1) is 11.1 Å². The molecule has 0 spiro atoms. The highest BCUT2D eigenvalue weighted by Crippen LogP contribution is 2.35. The van der Waals surface area contributed by atoms with Crippen LogP contribution in [0.4, 0.5) is 8.78 Å².